The molecule has 0 aliphatic heterocycles. The maximum Gasteiger partial charge on any atom is 0.323 e. The minimum atomic E-state index is -1.77. The second kappa shape index (κ2) is 7.96. The molecule has 0 saturated heterocycles. The Morgan fingerprint density at radius 2 is 1.82 bits per heavy atom. The van der Waals surface area contributed by atoms with Gasteiger partial charge in [-0.3, -0.25) is 4.98 Å². The van der Waals surface area contributed by atoms with Crippen LogP contribution in [0.4, 0.5) is 5.82 Å². The molecule has 0 fully saturated rings. The molecule has 0 saturated carbocycles. The number of fused-ring (bicyclic) bond motifs is 1. The topological polar surface area (TPSA) is 124 Å². The van der Waals surface area contributed by atoms with Crippen molar-refractivity contribution in [2.45, 2.75) is 19.4 Å². The first-order valence-corrected chi connectivity index (χ1v) is 10.8. The number of anilines is 1. The summed E-state index contributed by atoms with van der Waals surface area (Å²) in [6.07, 6.45) is 1.62. The molecule has 9 heteroatoms. The number of hydrogen-bond donors (Lipinski definition) is 3. The number of rotatable bonds is 5. The summed E-state index contributed by atoms with van der Waals surface area (Å²) in [7, 11) is 3.76. The summed E-state index contributed by atoms with van der Waals surface area (Å²) in [4.78, 5) is 29.1. The van der Waals surface area contributed by atoms with E-state index in [2.05, 4.69) is 20.1 Å². The molecule has 34 heavy (non-hydrogen) atoms. The van der Waals surface area contributed by atoms with E-state index in [0.29, 0.717) is 45.3 Å². The molecule has 9 nitrogen and oxygen atoms in total. The number of benzene rings is 1. The molecule has 0 amide bonds. The van der Waals surface area contributed by atoms with Crippen LogP contribution >= 0.6 is 0 Å². The Hall–Kier alpha value is -4.24. The summed E-state index contributed by atoms with van der Waals surface area (Å²) in [5.41, 5.74) is 2.26. The molecule has 1 unspecified atom stereocenters. The van der Waals surface area contributed by atoms with Crippen LogP contribution in [-0.2, 0) is 5.60 Å². The molecule has 0 radical (unpaired) electrons. The van der Waals surface area contributed by atoms with Gasteiger partial charge in [0.2, 0.25) is 0 Å². The van der Waals surface area contributed by atoms with Crippen molar-refractivity contribution in [1.29, 1.82) is 0 Å². The quantitative estimate of drug-likeness (QED) is 0.371. The van der Waals surface area contributed by atoms with E-state index < -0.39 is 5.60 Å². The van der Waals surface area contributed by atoms with Gasteiger partial charge in [-0.2, -0.15) is 0 Å². The average Bonchev–Trinajstić information content (AvgIpc) is 3.38. The Morgan fingerprint density at radius 1 is 1.03 bits per heavy atom. The van der Waals surface area contributed by atoms with Crippen LogP contribution in [0.3, 0.4) is 0 Å². The van der Waals surface area contributed by atoms with Gasteiger partial charge in [-0.05, 0) is 55.8 Å². The summed E-state index contributed by atoms with van der Waals surface area (Å²) in [5.74, 6) is 1.31. The molecule has 0 aliphatic carbocycles. The predicted octanol–water partition coefficient (Wildman–Crippen LogP) is 3.27. The highest BCUT2D eigenvalue weighted by molar-refractivity contribution is 5.87. The summed E-state index contributed by atoms with van der Waals surface area (Å²) < 4.78 is 5.38. The molecule has 4 heterocycles. The van der Waals surface area contributed by atoms with Crippen molar-refractivity contribution in [2.75, 3.05) is 19.0 Å². The van der Waals surface area contributed by atoms with Crippen LogP contribution in [0.25, 0.3) is 22.2 Å². The van der Waals surface area contributed by atoms with Crippen LogP contribution in [0.5, 0.6) is 0 Å². The van der Waals surface area contributed by atoms with Gasteiger partial charge in [-0.1, -0.05) is 17.3 Å². The molecular formula is C25H24N6O3. The second-order valence-electron chi connectivity index (χ2n) is 8.43. The third-order valence-electron chi connectivity index (χ3n) is 5.94. The zero-order valence-electron chi connectivity index (χ0n) is 19.2. The van der Waals surface area contributed by atoms with Gasteiger partial charge in [0.25, 0.3) is 0 Å². The molecule has 1 atom stereocenters. The molecular weight excluding hydrogens is 432 g/mol. The maximum atomic E-state index is 12.5. The van der Waals surface area contributed by atoms with Crippen molar-refractivity contribution in [3.8, 4) is 11.1 Å². The molecule has 5 aromatic rings. The van der Waals surface area contributed by atoms with Gasteiger partial charge in [-0.25, -0.2) is 9.78 Å². The Morgan fingerprint density at radius 3 is 2.50 bits per heavy atom. The van der Waals surface area contributed by atoms with Crippen molar-refractivity contribution in [1.82, 2.24) is 25.1 Å². The van der Waals surface area contributed by atoms with Crippen LogP contribution < -0.4 is 10.6 Å². The molecule has 0 spiro atoms. The lowest BCUT2D eigenvalue weighted by Gasteiger charge is -2.29. The Bertz CT molecular complexity index is 1530. The number of pyridine rings is 2. The van der Waals surface area contributed by atoms with Gasteiger partial charge in [0.1, 0.15) is 11.6 Å². The van der Waals surface area contributed by atoms with E-state index >= 15 is 0 Å². The normalized spacial score (nSPS) is 13.2. The first kappa shape index (κ1) is 21.6. The number of nitrogens with zero attached hydrogens (tertiary/aromatic N) is 4. The van der Waals surface area contributed by atoms with E-state index in [1.165, 1.54) is 0 Å². The molecule has 0 aliphatic rings. The van der Waals surface area contributed by atoms with Gasteiger partial charge >= 0.3 is 5.69 Å². The van der Waals surface area contributed by atoms with Crippen LogP contribution in [-0.4, -0.2) is 44.3 Å². The van der Waals surface area contributed by atoms with E-state index in [0.717, 1.165) is 11.1 Å². The van der Waals surface area contributed by atoms with Gasteiger partial charge in [0.05, 0.1) is 28.1 Å². The molecule has 4 aromatic heterocycles. The van der Waals surface area contributed by atoms with E-state index in [1.807, 2.05) is 57.1 Å². The highest BCUT2D eigenvalue weighted by Crippen LogP contribution is 2.41. The predicted molar refractivity (Wildman–Crippen MR) is 129 cm³/mol. The number of hydrogen-bond acceptors (Lipinski definition) is 7. The summed E-state index contributed by atoms with van der Waals surface area (Å²) in [6.45, 7) is 3.68. The summed E-state index contributed by atoms with van der Waals surface area (Å²) >= 11 is 0. The zero-order valence-corrected chi connectivity index (χ0v) is 19.2. The monoisotopic (exact) mass is 456 g/mol. The molecule has 1 aromatic carbocycles. The summed E-state index contributed by atoms with van der Waals surface area (Å²) in [5, 5.41) is 16.6. The highest BCUT2D eigenvalue weighted by Gasteiger charge is 2.39. The number of aryl methyl sites for hydroxylation is 2. The van der Waals surface area contributed by atoms with E-state index in [1.54, 1.807) is 30.5 Å². The smallest absolute Gasteiger partial charge is 0.323 e. The fourth-order valence-corrected chi connectivity index (χ4v) is 4.33. The average molecular weight is 457 g/mol. The van der Waals surface area contributed by atoms with Crippen LogP contribution in [0.2, 0.25) is 0 Å². The standard InChI is InChI=1S/C25H24N6O3/c1-14-22(15(2)34-30-14)16-12-17(23-18(13-16)27-24(32)29-23)25(33,19-8-5-6-11-26-19)20-9-7-10-21(28-20)31(3)4/h5-13,33H,1-4H3,(H2,27,29,32). The van der Waals surface area contributed by atoms with Crippen molar-refractivity contribution >= 4 is 16.9 Å². The maximum absolute atomic E-state index is 12.5. The Labute approximate surface area is 195 Å². The van der Waals surface area contributed by atoms with E-state index in [9.17, 15) is 9.90 Å². The Kier molecular flexibility index (Phi) is 5.06. The van der Waals surface area contributed by atoms with Crippen molar-refractivity contribution in [3.63, 3.8) is 0 Å². The molecule has 0 bridgehead atoms. The fraction of sp³-hybridized carbons (Fsp3) is 0.200. The molecule has 5 rings (SSSR count). The second-order valence-corrected chi connectivity index (χ2v) is 8.43. The summed E-state index contributed by atoms with van der Waals surface area (Å²) in [6, 6.07) is 14.4. The van der Waals surface area contributed by atoms with E-state index in [4.69, 9.17) is 9.51 Å². The minimum absolute atomic E-state index is 0.372. The SMILES string of the molecule is Cc1noc(C)c1-c1cc(C(O)(c2ccccn2)c2cccc(N(C)C)n2)c2[nH]c(=O)[nH]c2c1. The fourth-order valence-electron chi connectivity index (χ4n) is 4.33. The van der Waals surface area contributed by atoms with Gasteiger partial charge in [0.15, 0.2) is 5.60 Å². The first-order chi connectivity index (χ1) is 16.3. The lowest BCUT2D eigenvalue weighted by Crippen LogP contribution is -2.32. The third kappa shape index (κ3) is 3.37. The van der Waals surface area contributed by atoms with Gasteiger partial charge in [0, 0.05) is 31.4 Å². The number of H-pyrrole nitrogens is 2. The third-order valence-corrected chi connectivity index (χ3v) is 5.94. The number of aromatic amines is 2. The largest absolute Gasteiger partial charge is 0.373 e. The Balaban J connectivity index is 1.89. The lowest BCUT2D eigenvalue weighted by atomic mass is 9.83. The van der Waals surface area contributed by atoms with Gasteiger partial charge < -0.3 is 24.5 Å². The van der Waals surface area contributed by atoms with Crippen LogP contribution in [0, 0.1) is 13.8 Å². The molecule has 3 N–H and O–H groups in total. The molecule has 172 valence electrons. The zero-order chi connectivity index (χ0) is 24.0. The van der Waals surface area contributed by atoms with Crippen molar-refractivity contribution in [2.24, 2.45) is 0 Å². The number of aromatic nitrogens is 5. The lowest BCUT2D eigenvalue weighted by molar-refractivity contribution is 0.117. The minimum Gasteiger partial charge on any atom is -0.373 e. The number of aliphatic hydroxyl groups is 1. The first-order valence-electron chi connectivity index (χ1n) is 10.8. The highest BCUT2D eigenvalue weighted by atomic mass is 16.5. The van der Waals surface area contributed by atoms with Crippen LogP contribution in [0.1, 0.15) is 28.4 Å². The van der Waals surface area contributed by atoms with Gasteiger partial charge in [-0.15, -0.1) is 0 Å². The number of nitrogens with one attached hydrogen (secondary N) is 2. The van der Waals surface area contributed by atoms with Crippen LogP contribution in [0.15, 0.2) is 64.0 Å². The van der Waals surface area contributed by atoms with Crippen molar-refractivity contribution < 1.29 is 9.63 Å². The number of imidazole rings is 1. The van der Waals surface area contributed by atoms with E-state index in [-0.39, 0.29) is 5.69 Å². The van der Waals surface area contributed by atoms with Crippen molar-refractivity contribution in [3.05, 3.63) is 93.6 Å².